The highest BCUT2D eigenvalue weighted by Gasteiger charge is 2.03. The van der Waals surface area contributed by atoms with Gasteiger partial charge in [0.2, 0.25) is 0 Å². The van der Waals surface area contributed by atoms with Crippen LogP contribution in [0.3, 0.4) is 0 Å². The lowest BCUT2D eigenvalue weighted by atomic mass is 10.2. The maximum Gasteiger partial charge on any atom is 0.155 e. The molecule has 0 aliphatic heterocycles. The quantitative estimate of drug-likeness (QED) is 0.455. The summed E-state index contributed by atoms with van der Waals surface area (Å²) in [6.07, 6.45) is 2.73. The van der Waals surface area contributed by atoms with Gasteiger partial charge in [-0.25, -0.2) is 4.98 Å². The molecule has 0 radical (unpaired) electrons. The van der Waals surface area contributed by atoms with Gasteiger partial charge in [0.1, 0.15) is 0 Å². The number of aliphatic hydroxyl groups is 1. The van der Waals surface area contributed by atoms with Crippen molar-refractivity contribution < 1.29 is 9.90 Å². The van der Waals surface area contributed by atoms with Crippen molar-refractivity contribution in [1.29, 1.82) is 0 Å². The van der Waals surface area contributed by atoms with Crippen molar-refractivity contribution in [2.24, 2.45) is 0 Å². The lowest BCUT2D eigenvalue weighted by molar-refractivity contribution is -0.103. The number of hydrogen-bond acceptors (Lipinski definition) is 4. The number of benzene rings is 1. The zero-order valence-corrected chi connectivity index (χ0v) is 7.79. The summed E-state index contributed by atoms with van der Waals surface area (Å²) in [4.78, 5) is 18.9. The molecule has 1 heterocycles. The molecule has 15 heavy (non-hydrogen) atoms. The first-order chi connectivity index (χ1) is 7.35. The molecular weight excluding hydrogens is 192 g/mol. The monoisotopic (exact) mass is 200 g/mol. The molecule has 0 spiro atoms. The van der Waals surface area contributed by atoms with E-state index in [0.29, 0.717) is 17.5 Å². The fourth-order valence-electron chi connectivity index (χ4n) is 1.25. The second kappa shape index (κ2) is 3.88. The minimum absolute atomic E-state index is 0.119. The lowest BCUT2D eigenvalue weighted by Crippen LogP contribution is -1.93. The molecule has 0 atom stereocenters. The van der Waals surface area contributed by atoms with Gasteiger partial charge in [-0.1, -0.05) is 12.1 Å². The summed E-state index contributed by atoms with van der Waals surface area (Å²) >= 11 is 0. The lowest BCUT2D eigenvalue weighted by Gasteiger charge is -1.99. The third kappa shape index (κ3) is 1.69. The summed E-state index contributed by atoms with van der Waals surface area (Å²) in [6.45, 7) is 0. The topological polar surface area (TPSA) is 63.1 Å². The second-order valence-corrected chi connectivity index (χ2v) is 2.95. The Morgan fingerprint density at radius 2 is 2.00 bits per heavy atom. The van der Waals surface area contributed by atoms with E-state index in [1.54, 1.807) is 6.07 Å². The van der Waals surface area contributed by atoms with Crippen LogP contribution in [-0.4, -0.2) is 21.4 Å². The van der Waals surface area contributed by atoms with Crippen LogP contribution in [0.2, 0.25) is 0 Å². The molecule has 0 saturated carbocycles. The minimum Gasteiger partial charge on any atom is -0.515 e. The number of aliphatic hydroxyl groups excluding tert-OH is 1. The highest BCUT2D eigenvalue weighted by atomic mass is 16.2. The van der Waals surface area contributed by atoms with Crippen molar-refractivity contribution in [2.75, 3.05) is 0 Å². The largest absolute Gasteiger partial charge is 0.515 e. The number of carbonyl (C=O) groups is 1. The Morgan fingerprint density at radius 3 is 2.67 bits per heavy atom. The van der Waals surface area contributed by atoms with E-state index in [1.165, 1.54) is 6.20 Å². The third-order valence-corrected chi connectivity index (χ3v) is 2.01. The maximum absolute atomic E-state index is 10.6. The Balaban J connectivity index is 2.61. The van der Waals surface area contributed by atoms with Crippen molar-refractivity contribution in [3.8, 4) is 0 Å². The van der Waals surface area contributed by atoms with Crippen LogP contribution in [-0.2, 0) is 4.79 Å². The van der Waals surface area contributed by atoms with Crippen molar-refractivity contribution in [3.63, 3.8) is 0 Å². The second-order valence-electron chi connectivity index (χ2n) is 2.95. The molecule has 0 saturated heterocycles. The predicted molar refractivity (Wildman–Crippen MR) is 56.2 cm³/mol. The Labute approximate surface area is 85.9 Å². The summed E-state index contributed by atoms with van der Waals surface area (Å²) in [5, 5.41) is 8.79. The number of carbonyl (C=O) groups excluding carboxylic acids is 1. The maximum atomic E-state index is 10.6. The third-order valence-electron chi connectivity index (χ3n) is 2.01. The van der Waals surface area contributed by atoms with E-state index in [9.17, 15) is 4.79 Å². The molecule has 0 aliphatic rings. The van der Waals surface area contributed by atoms with E-state index in [0.717, 1.165) is 11.8 Å². The highest BCUT2D eigenvalue weighted by molar-refractivity contribution is 6.05. The van der Waals surface area contributed by atoms with E-state index in [-0.39, 0.29) is 5.57 Å². The summed E-state index contributed by atoms with van der Waals surface area (Å²) in [5.74, 6) is 0. The van der Waals surface area contributed by atoms with Gasteiger partial charge in [-0.2, -0.15) is 0 Å². The van der Waals surface area contributed by atoms with Gasteiger partial charge in [-0.15, -0.1) is 0 Å². The zero-order valence-electron chi connectivity index (χ0n) is 7.79. The summed E-state index contributed by atoms with van der Waals surface area (Å²) in [5.41, 5.74) is 1.93. The number of hydrogen-bond donors (Lipinski definition) is 1. The van der Waals surface area contributed by atoms with Crippen LogP contribution in [0.4, 0.5) is 0 Å². The number of para-hydroxylation sites is 2. The van der Waals surface area contributed by atoms with E-state index in [4.69, 9.17) is 5.11 Å². The number of nitrogens with zero attached hydrogens (tertiary/aromatic N) is 2. The molecule has 2 rings (SSSR count). The van der Waals surface area contributed by atoms with Gasteiger partial charge in [0, 0.05) is 0 Å². The van der Waals surface area contributed by atoms with Crippen LogP contribution in [0.25, 0.3) is 16.6 Å². The molecule has 74 valence electrons. The molecule has 0 unspecified atom stereocenters. The fourth-order valence-corrected chi connectivity index (χ4v) is 1.25. The van der Waals surface area contributed by atoms with Crippen molar-refractivity contribution in [1.82, 2.24) is 9.97 Å². The van der Waals surface area contributed by atoms with Crippen LogP contribution >= 0.6 is 0 Å². The van der Waals surface area contributed by atoms with E-state index in [1.807, 2.05) is 18.2 Å². The normalized spacial score (nSPS) is 11.6. The number of aldehydes is 1. The van der Waals surface area contributed by atoms with Gasteiger partial charge in [-0.3, -0.25) is 9.78 Å². The van der Waals surface area contributed by atoms with Crippen molar-refractivity contribution >= 4 is 22.9 Å². The Kier molecular flexibility index (Phi) is 2.41. The molecule has 0 amide bonds. The van der Waals surface area contributed by atoms with Gasteiger partial charge in [-0.05, 0) is 12.1 Å². The van der Waals surface area contributed by atoms with Gasteiger partial charge in [0.15, 0.2) is 6.29 Å². The summed E-state index contributed by atoms with van der Waals surface area (Å²) in [6, 6.07) is 7.32. The zero-order chi connectivity index (χ0) is 10.7. The standard InChI is InChI=1S/C11H8N2O2/c14-6-8(7-15)11-5-12-9-3-1-2-4-10(9)13-11/h1-7,14H/b8-6+. The molecule has 4 nitrogen and oxygen atoms in total. The summed E-state index contributed by atoms with van der Waals surface area (Å²) in [7, 11) is 0. The Bertz CT molecular complexity index is 535. The summed E-state index contributed by atoms with van der Waals surface area (Å²) < 4.78 is 0. The molecule has 1 aromatic carbocycles. The average molecular weight is 200 g/mol. The first-order valence-corrected chi connectivity index (χ1v) is 4.37. The molecule has 2 aromatic rings. The Hall–Kier alpha value is -2.23. The molecule has 0 aliphatic carbocycles. The van der Waals surface area contributed by atoms with Crippen LogP contribution in [0, 0.1) is 0 Å². The van der Waals surface area contributed by atoms with Crippen LogP contribution < -0.4 is 0 Å². The number of aromatic nitrogens is 2. The van der Waals surface area contributed by atoms with Crippen LogP contribution in [0.1, 0.15) is 5.69 Å². The van der Waals surface area contributed by atoms with Gasteiger partial charge in [0.05, 0.1) is 34.8 Å². The average Bonchev–Trinajstić information content (AvgIpc) is 2.30. The predicted octanol–water partition coefficient (Wildman–Crippen LogP) is 1.73. The van der Waals surface area contributed by atoms with Gasteiger partial charge < -0.3 is 5.11 Å². The first kappa shape index (κ1) is 9.33. The van der Waals surface area contributed by atoms with Crippen LogP contribution in [0.15, 0.2) is 36.7 Å². The highest BCUT2D eigenvalue weighted by Crippen LogP contribution is 2.12. The molecule has 1 N–H and O–H groups in total. The molecule has 0 fully saturated rings. The smallest absolute Gasteiger partial charge is 0.155 e. The first-order valence-electron chi connectivity index (χ1n) is 4.37. The molecule has 4 heteroatoms. The van der Waals surface area contributed by atoms with Crippen LogP contribution in [0.5, 0.6) is 0 Å². The molecule has 1 aromatic heterocycles. The van der Waals surface area contributed by atoms with E-state index < -0.39 is 0 Å². The van der Waals surface area contributed by atoms with Crippen molar-refractivity contribution in [2.45, 2.75) is 0 Å². The van der Waals surface area contributed by atoms with Crippen molar-refractivity contribution in [3.05, 3.63) is 42.4 Å². The van der Waals surface area contributed by atoms with Gasteiger partial charge in [0.25, 0.3) is 0 Å². The molecule has 0 bridgehead atoms. The van der Waals surface area contributed by atoms with E-state index >= 15 is 0 Å². The van der Waals surface area contributed by atoms with E-state index in [2.05, 4.69) is 9.97 Å². The Morgan fingerprint density at radius 1 is 1.27 bits per heavy atom. The SMILES string of the molecule is O=C/C(=C\O)c1cnc2ccccc2n1. The number of rotatable bonds is 2. The molecular formula is C11H8N2O2. The number of fused-ring (bicyclic) bond motifs is 1. The minimum atomic E-state index is 0.119. The number of allylic oxidation sites excluding steroid dienone is 1. The van der Waals surface area contributed by atoms with Gasteiger partial charge >= 0.3 is 0 Å². The fraction of sp³-hybridized carbons (Fsp3) is 0.